The molecule has 1 saturated heterocycles. The lowest BCUT2D eigenvalue weighted by Crippen LogP contribution is -2.55. The van der Waals surface area contributed by atoms with E-state index >= 15 is 0 Å². The van der Waals surface area contributed by atoms with Crippen LogP contribution in [0.2, 0.25) is 0 Å². The van der Waals surface area contributed by atoms with Crippen LogP contribution in [0.5, 0.6) is 0 Å². The molecule has 98 valence electrons. The second-order valence-corrected chi connectivity index (χ2v) is 5.89. The number of benzene rings is 1. The quantitative estimate of drug-likeness (QED) is 0.798. The number of carbonyl (C=O) groups excluding carboxylic acids is 1. The Morgan fingerprint density at radius 2 is 1.78 bits per heavy atom. The van der Waals surface area contributed by atoms with E-state index in [-0.39, 0.29) is 11.4 Å². The maximum atomic E-state index is 12.1. The summed E-state index contributed by atoms with van der Waals surface area (Å²) in [6.07, 6.45) is 0. The SMILES string of the molecule is CC(C)(C)N1CCN(Cc2ccccc2)C(=O)C1. The van der Waals surface area contributed by atoms with Crippen molar-refractivity contribution in [3.05, 3.63) is 35.9 Å². The minimum Gasteiger partial charge on any atom is -0.336 e. The van der Waals surface area contributed by atoms with Gasteiger partial charge in [0.25, 0.3) is 0 Å². The minimum atomic E-state index is 0.0779. The number of hydrogen-bond acceptors (Lipinski definition) is 2. The van der Waals surface area contributed by atoms with E-state index in [4.69, 9.17) is 0 Å². The number of carbonyl (C=O) groups is 1. The van der Waals surface area contributed by atoms with Crippen molar-refractivity contribution in [2.75, 3.05) is 19.6 Å². The molecule has 0 aliphatic carbocycles. The first-order chi connectivity index (χ1) is 8.47. The average molecular weight is 246 g/mol. The molecule has 1 aliphatic heterocycles. The van der Waals surface area contributed by atoms with Gasteiger partial charge in [0.2, 0.25) is 5.91 Å². The summed E-state index contributed by atoms with van der Waals surface area (Å²) in [5, 5.41) is 0. The summed E-state index contributed by atoms with van der Waals surface area (Å²) in [5.74, 6) is 0.236. The molecule has 0 aromatic heterocycles. The smallest absolute Gasteiger partial charge is 0.237 e. The molecule has 0 N–H and O–H groups in total. The first-order valence-electron chi connectivity index (χ1n) is 6.53. The van der Waals surface area contributed by atoms with Crippen molar-refractivity contribution in [1.29, 1.82) is 0 Å². The molecule has 1 aromatic rings. The van der Waals surface area contributed by atoms with Crippen molar-refractivity contribution in [1.82, 2.24) is 9.80 Å². The summed E-state index contributed by atoms with van der Waals surface area (Å²) in [4.78, 5) is 16.3. The fraction of sp³-hybridized carbons (Fsp3) is 0.533. The summed E-state index contributed by atoms with van der Waals surface area (Å²) in [7, 11) is 0. The van der Waals surface area contributed by atoms with Crippen LogP contribution in [-0.4, -0.2) is 40.9 Å². The van der Waals surface area contributed by atoms with Gasteiger partial charge in [0, 0.05) is 25.2 Å². The Bertz CT molecular complexity index is 408. The van der Waals surface area contributed by atoms with Gasteiger partial charge in [0.15, 0.2) is 0 Å². The zero-order valence-electron chi connectivity index (χ0n) is 11.5. The molecule has 0 spiro atoms. The van der Waals surface area contributed by atoms with Gasteiger partial charge in [0.1, 0.15) is 0 Å². The fourth-order valence-electron chi connectivity index (χ4n) is 2.25. The van der Waals surface area contributed by atoms with Crippen LogP contribution in [0.3, 0.4) is 0 Å². The van der Waals surface area contributed by atoms with Crippen molar-refractivity contribution in [2.24, 2.45) is 0 Å². The molecule has 1 aromatic carbocycles. The highest BCUT2D eigenvalue weighted by molar-refractivity contribution is 5.79. The van der Waals surface area contributed by atoms with Gasteiger partial charge in [-0.2, -0.15) is 0 Å². The summed E-state index contributed by atoms with van der Waals surface area (Å²) >= 11 is 0. The Morgan fingerprint density at radius 1 is 1.11 bits per heavy atom. The van der Waals surface area contributed by atoms with Gasteiger partial charge < -0.3 is 4.90 Å². The highest BCUT2D eigenvalue weighted by Gasteiger charge is 2.30. The third kappa shape index (κ3) is 3.10. The Hall–Kier alpha value is -1.35. The third-order valence-electron chi connectivity index (χ3n) is 3.48. The van der Waals surface area contributed by atoms with E-state index < -0.39 is 0 Å². The Balaban J connectivity index is 1.96. The molecule has 1 aliphatic rings. The lowest BCUT2D eigenvalue weighted by atomic mass is 10.0. The molecule has 0 bridgehead atoms. The van der Waals surface area contributed by atoms with E-state index in [1.165, 1.54) is 5.56 Å². The first-order valence-corrected chi connectivity index (χ1v) is 6.53. The minimum absolute atomic E-state index is 0.0779. The van der Waals surface area contributed by atoms with E-state index in [2.05, 4.69) is 37.8 Å². The predicted octanol–water partition coefficient (Wildman–Crippen LogP) is 2.13. The molecule has 0 radical (unpaired) electrons. The summed E-state index contributed by atoms with van der Waals surface area (Å²) in [6, 6.07) is 10.2. The van der Waals surface area contributed by atoms with Gasteiger partial charge in [-0.1, -0.05) is 30.3 Å². The number of piperazine rings is 1. The predicted molar refractivity (Wildman–Crippen MR) is 73.2 cm³/mol. The molecule has 2 rings (SSSR count). The first kappa shape index (κ1) is 13.1. The van der Waals surface area contributed by atoms with Crippen molar-refractivity contribution < 1.29 is 4.79 Å². The highest BCUT2D eigenvalue weighted by Crippen LogP contribution is 2.17. The number of rotatable bonds is 2. The van der Waals surface area contributed by atoms with Crippen LogP contribution in [0.25, 0.3) is 0 Å². The van der Waals surface area contributed by atoms with Crippen LogP contribution in [0, 0.1) is 0 Å². The maximum absolute atomic E-state index is 12.1. The van der Waals surface area contributed by atoms with Crippen LogP contribution in [0.15, 0.2) is 30.3 Å². The van der Waals surface area contributed by atoms with Crippen molar-refractivity contribution in [3.63, 3.8) is 0 Å². The van der Waals surface area contributed by atoms with E-state index in [1.807, 2.05) is 23.1 Å². The Labute approximate surface area is 109 Å². The van der Waals surface area contributed by atoms with E-state index in [0.717, 1.165) is 19.6 Å². The normalized spacial score (nSPS) is 18.2. The van der Waals surface area contributed by atoms with Crippen LogP contribution in [-0.2, 0) is 11.3 Å². The number of nitrogens with zero attached hydrogens (tertiary/aromatic N) is 2. The number of hydrogen-bond donors (Lipinski definition) is 0. The van der Waals surface area contributed by atoms with Crippen LogP contribution in [0.1, 0.15) is 26.3 Å². The molecule has 0 saturated carbocycles. The summed E-state index contributed by atoms with van der Waals surface area (Å²) < 4.78 is 0. The molecular formula is C15H22N2O. The zero-order valence-corrected chi connectivity index (χ0v) is 11.5. The molecule has 0 unspecified atom stereocenters. The topological polar surface area (TPSA) is 23.6 Å². The van der Waals surface area contributed by atoms with Gasteiger partial charge >= 0.3 is 0 Å². The maximum Gasteiger partial charge on any atom is 0.237 e. The monoisotopic (exact) mass is 246 g/mol. The lowest BCUT2D eigenvalue weighted by molar-refractivity contribution is -0.139. The van der Waals surface area contributed by atoms with Gasteiger partial charge in [-0.25, -0.2) is 0 Å². The largest absolute Gasteiger partial charge is 0.336 e. The van der Waals surface area contributed by atoms with E-state index in [9.17, 15) is 4.79 Å². The molecule has 1 fully saturated rings. The van der Waals surface area contributed by atoms with Crippen LogP contribution in [0.4, 0.5) is 0 Å². The number of amides is 1. The summed E-state index contributed by atoms with van der Waals surface area (Å²) in [5.41, 5.74) is 1.28. The lowest BCUT2D eigenvalue weighted by Gasteiger charge is -2.41. The molecule has 18 heavy (non-hydrogen) atoms. The molecule has 3 nitrogen and oxygen atoms in total. The molecule has 1 amide bonds. The summed E-state index contributed by atoms with van der Waals surface area (Å²) in [6.45, 7) is 9.54. The average Bonchev–Trinajstić information content (AvgIpc) is 2.32. The van der Waals surface area contributed by atoms with E-state index in [0.29, 0.717) is 6.54 Å². The molecule has 0 atom stereocenters. The highest BCUT2D eigenvalue weighted by atomic mass is 16.2. The van der Waals surface area contributed by atoms with Gasteiger partial charge in [-0.15, -0.1) is 0 Å². The Kier molecular flexibility index (Phi) is 3.71. The van der Waals surface area contributed by atoms with Gasteiger partial charge in [-0.05, 0) is 26.3 Å². The van der Waals surface area contributed by atoms with Crippen LogP contribution >= 0.6 is 0 Å². The third-order valence-corrected chi connectivity index (χ3v) is 3.48. The van der Waals surface area contributed by atoms with Gasteiger partial charge in [0.05, 0.1) is 6.54 Å². The zero-order chi connectivity index (χ0) is 13.2. The second kappa shape index (κ2) is 5.11. The molecule has 1 heterocycles. The second-order valence-electron chi connectivity index (χ2n) is 5.89. The van der Waals surface area contributed by atoms with Gasteiger partial charge in [-0.3, -0.25) is 9.69 Å². The van der Waals surface area contributed by atoms with Crippen molar-refractivity contribution >= 4 is 5.91 Å². The standard InChI is InChI=1S/C15H22N2O/c1-15(2,3)17-10-9-16(14(18)12-17)11-13-7-5-4-6-8-13/h4-8H,9-12H2,1-3H3. The van der Waals surface area contributed by atoms with Crippen molar-refractivity contribution in [2.45, 2.75) is 32.9 Å². The van der Waals surface area contributed by atoms with Crippen molar-refractivity contribution in [3.8, 4) is 0 Å². The molecular weight excluding hydrogens is 224 g/mol. The fourth-order valence-corrected chi connectivity index (χ4v) is 2.25. The Morgan fingerprint density at radius 3 is 2.33 bits per heavy atom. The van der Waals surface area contributed by atoms with Crippen LogP contribution < -0.4 is 0 Å². The van der Waals surface area contributed by atoms with E-state index in [1.54, 1.807) is 0 Å². The molecule has 3 heteroatoms.